The van der Waals surface area contributed by atoms with Gasteiger partial charge in [-0.15, -0.1) is 0 Å². The van der Waals surface area contributed by atoms with E-state index >= 15 is 0 Å². The quantitative estimate of drug-likeness (QED) is 0.706. The summed E-state index contributed by atoms with van der Waals surface area (Å²) in [5.41, 5.74) is 1.92. The minimum Gasteiger partial charge on any atom is -0.450 e. The molecule has 0 saturated heterocycles. The highest BCUT2D eigenvalue weighted by Crippen LogP contribution is 2.19. The van der Waals surface area contributed by atoms with Crippen molar-refractivity contribution >= 4 is 23.8 Å². The van der Waals surface area contributed by atoms with Crippen LogP contribution in [0, 0.1) is 0 Å². The zero-order chi connectivity index (χ0) is 17.4. The molecule has 5 nitrogen and oxygen atoms in total. The summed E-state index contributed by atoms with van der Waals surface area (Å²) in [7, 11) is 0. The zero-order valence-electron chi connectivity index (χ0n) is 13.6. The lowest BCUT2D eigenvalue weighted by molar-refractivity contribution is 0.102. The number of hydrogen-bond acceptors (Lipinski definition) is 3. The molecule has 1 aromatic carbocycles. The van der Waals surface area contributed by atoms with E-state index in [-0.39, 0.29) is 6.61 Å². The molecule has 0 aliphatic heterocycles. The Morgan fingerprint density at radius 3 is 2.92 bits per heavy atom. The summed E-state index contributed by atoms with van der Waals surface area (Å²) in [4.78, 5) is 14.9. The Labute approximate surface area is 146 Å². The van der Waals surface area contributed by atoms with E-state index < -0.39 is 6.16 Å². The van der Waals surface area contributed by atoms with Gasteiger partial charge < -0.3 is 14.4 Å². The molecular formula is C18H21ClN2O3. The van der Waals surface area contributed by atoms with Gasteiger partial charge in [-0.3, -0.25) is 0 Å². The smallest absolute Gasteiger partial charge is 0.450 e. The topological polar surface area (TPSA) is 64.3 Å². The largest absolute Gasteiger partial charge is 0.506 e. The van der Waals surface area contributed by atoms with E-state index in [1.807, 2.05) is 30.3 Å². The average Bonchev–Trinajstić information content (AvgIpc) is 2.93. The number of unbranched alkanes of at least 4 members (excludes halogenated alkanes) is 1. The van der Waals surface area contributed by atoms with E-state index in [1.54, 1.807) is 12.3 Å². The lowest BCUT2D eigenvalue weighted by Gasteiger charge is -2.11. The number of carbonyl (C=O) groups is 1. The number of nitrogens with zero attached hydrogens (tertiary/aromatic N) is 2. The maximum Gasteiger partial charge on any atom is 0.506 e. The molecule has 0 spiro atoms. The summed E-state index contributed by atoms with van der Waals surface area (Å²) in [5, 5.41) is 9.22. The van der Waals surface area contributed by atoms with Gasteiger partial charge in [-0.05, 0) is 30.2 Å². The number of halogens is 1. The highest BCUT2D eigenvalue weighted by molar-refractivity contribution is 6.31. The SMILES string of the molecule is CCCCc1ncc(C=CCOC(=O)O)n1Cc1ccccc1Cl. The number of ether oxygens (including phenoxy) is 1. The van der Waals surface area contributed by atoms with Crippen LogP contribution in [0.25, 0.3) is 6.08 Å². The fourth-order valence-electron chi connectivity index (χ4n) is 2.36. The van der Waals surface area contributed by atoms with Gasteiger partial charge in [0.25, 0.3) is 0 Å². The van der Waals surface area contributed by atoms with Crippen molar-refractivity contribution in [3.63, 3.8) is 0 Å². The second kappa shape index (κ2) is 9.13. The van der Waals surface area contributed by atoms with Gasteiger partial charge in [0.2, 0.25) is 0 Å². The molecule has 0 aliphatic carbocycles. The van der Waals surface area contributed by atoms with E-state index in [0.29, 0.717) is 6.54 Å². The average molecular weight is 349 g/mol. The Kier molecular flexibility index (Phi) is 6.88. The third-order valence-electron chi connectivity index (χ3n) is 3.60. The third-order valence-corrected chi connectivity index (χ3v) is 3.97. The summed E-state index contributed by atoms with van der Waals surface area (Å²) in [6.07, 6.45) is 7.04. The van der Waals surface area contributed by atoms with Crippen molar-refractivity contribution in [3.05, 3.63) is 58.6 Å². The first-order valence-corrected chi connectivity index (χ1v) is 8.29. The summed E-state index contributed by atoms with van der Waals surface area (Å²) >= 11 is 6.27. The molecule has 2 rings (SSSR count). The molecule has 0 fully saturated rings. The van der Waals surface area contributed by atoms with Crippen molar-refractivity contribution in [2.24, 2.45) is 0 Å². The van der Waals surface area contributed by atoms with Crippen LogP contribution in [0.1, 0.15) is 36.8 Å². The number of rotatable bonds is 8. The van der Waals surface area contributed by atoms with E-state index in [1.165, 1.54) is 0 Å². The normalized spacial score (nSPS) is 11.1. The predicted molar refractivity (Wildman–Crippen MR) is 94.4 cm³/mol. The van der Waals surface area contributed by atoms with E-state index in [4.69, 9.17) is 16.7 Å². The van der Waals surface area contributed by atoms with E-state index in [2.05, 4.69) is 21.2 Å². The van der Waals surface area contributed by atoms with Crippen LogP contribution < -0.4 is 0 Å². The summed E-state index contributed by atoms with van der Waals surface area (Å²) < 4.78 is 6.60. The molecule has 128 valence electrons. The fourth-order valence-corrected chi connectivity index (χ4v) is 2.56. The van der Waals surface area contributed by atoms with Gasteiger partial charge in [0.05, 0.1) is 18.4 Å². The number of benzene rings is 1. The molecule has 1 aromatic heterocycles. The molecular weight excluding hydrogens is 328 g/mol. The number of imidazole rings is 1. The van der Waals surface area contributed by atoms with Gasteiger partial charge in [-0.25, -0.2) is 9.78 Å². The van der Waals surface area contributed by atoms with Gasteiger partial charge >= 0.3 is 6.16 Å². The summed E-state index contributed by atoms with van der Waals surface area (Å²) in [6, 6.07) is 7.73. The number of aryl methyl sites for hydroxylation is 1. The van der Waals surface area contributed by atoms with Gasteiger partial charge in [-0.1, -0.05) is 43.1 Å². The Morgan fingerprint density at radius 2 is 2.21 bits per heavy atom. The van der Waals surface area contributed by atoms with Crippen molar-refractivity contribution in [1.82, 2.24) is 9.55 Å². The lowest BCUT2D eigenvalue weighted by Crippen LogP contribution is -2.08. The standard InChI is InChI=1S/C18H21ClN2O3/c1-2-3-10-17-20-12-15(8-6-11-24-18(22)23)21(17)13-14-7-4-5-9-16(14)19/h4-9,12H,2-3,10-11,13H2,1H3,(H,22,23). The van der Waals surface area contributed by atoms with Crippen molar-refractivity contribution in [2.75, 3.05) is 6.61 Å². The highest BCUT2D eigenvalue weighted by atomic mass is 35.5. The number of carboxylic acid groups (broad SMARTS) is 1. The van der Waals surface area contributed by atoms with Crippen LogP contribution in [-0.4, -0.2) is 27.4 Å². The monoisotopic (exact) mass is 348 g/mol. The first-order valence-electron chi connectivity index (χ1n) is 7.92. The van der Waals surface area contributed by atoms with Crippen LogP contribution >= 0.6 is 11.6 Å². The number of aromatic nitrogens is 2. The van der Waals surface area contributed by atoms with Crippen LogP contribution in [0.15, 0.2) is 36.5 Å². The predicted octanol–water partition coefficient (Wildman–Crippen LogP) is 4.64. The fraction of sp³-hybridized carbons (Fsp3) is 0.333. The molecule has 24 heavy (non-hydrogen) atoms. The van der Waals surface area contributed by atoms with E-state index in [9.17, 15) is 4.79 Å². The first kappa shape index (κ1) is 18.1. The minimum atomic E-state index is -1.28. The molecule has 6 heteroatoms. The number of hydrogen-bond donors (Lipinski definition) is 1. The Bertz CT molecular complexity index is 710. The third kappa shape index (κ3) is 5.13. The minimum absolute atomic E-state index is 0.0108. The van der Waals surface area contributed by atoms with Crippen LogP contribution in [0.3, 0.4) is 0 Å². The lowest BCUT2D eigenvalue weighted by atomic mass is 10.2. The molecule has 0 radical (unpaired) electrons. The molecule has 0 atom stereocenters. The molecule has 1 heterocycles. The van der Waals surface area contributed by atoms with E-state index in [0.717, 1.165) is 41.4 Å². The van der Waals surface area contributed by atoms with Gasteiger partial charge in [0.1, 0.15) is 12.4 Å². The molecule has 0 bridgehead atoms. The summed E-state index contributed by atoms with van der Waals surface area (Å²) in [5.74, 6) is 0.996. The van der Waals surface area contributed by atoms with Crippen LogP contribution in [-0.2, 0) is 17.7 Å². The zero-order valence-corrected chi connectivity index (χ0v) is 14.4. The Balaban J connectivity index is 2.22. The molecule has 0 saturated carbocycles. The van der Waals surface area contributed by atoms with Crippen molar-refractivity contribution in [3.8, 4) is 0 Å². The second-order valence-electron chi connectivity index (χ2n) is 5.36. The molecule has 0 amide bonds. The van der Waals surface area contributed by atoms with Crippen LogP contribution in [0.4, 0.5) is 4.79 Å². The molecule has 2 aromatic rings. The van der Waals surface area contributed by atoms with Crippen molar-refractivity contribution in [1.29, 1.82) is 0 Å². The van der Waals surface area contributed by atoms with Crippen molar-refractivity contribution < 1.29 is 14.6 Å². The van der Waals surface area contributed by atoms with Crippen LogP contribution in [0.5, 0.6) is 0 Å². The molecule has 1 N–H and O–H groups in total. The van der Waals surface area contributed by atoms with Gasteiger partial charge in [-0.2, -0.15) is 0 Å². The summed E-state index contributed by atoms with van der Waals surface area (Å²) in [6.45, 7) is 2.78. The maximum atomic E-state index is 10.4. The van der Waals surface area contributed by atoms with Crippen LogP contribution in [0.2, 0.25) is 5.02 Å². The Hall–Kier alpha value is -2.27. The van der Waals surface area contributed by atoms with Gasteiger partial charge in [0.15, 0.2) is 0 Å². The second-order valence-corrected chi connectivity index (χ2v) is 5.77. The maximum absolute atomic E-state index is 10.4. The van der Waals surface area contributed by atoms with Crippen molar-refractivity contribution in [2.45, 2.75) is 32.7 Å². The molecule has 0 aliphatic rings. The van der Waals surface area contributed by atoms with Gasteiger partial charge in [0, 0.05) is 11.4 Å². The highest BCUT2D eigenvalue weighted by Gasteiger charge is 2.10. The Morgan fingerprint density at radius 1 is 1.42 bits per heavy atom. The molecule has 0 unspecified atom stereocenters. The first-order chi connectivity index (χ1) is 11.6.